The van der Waals surface area contributed by atoms with Gasteiger partial charge in [0.15, 0.2) is 0 Å². The molecule has 0 aliphatic rings. The van der Waals surface area contributed by atoms with E-state index in [0.29, 0.717) is 0 Å². The molecule has 3 aromatic rings. The third-order valence-corrected chi connectivity index (χ3v) is 4.85. The maximum atomic E-state index is 4.61. The lowest BCUT2D eigenvalue weighted by Crippen LogP contribution is -2.11. The van der Waals surface area contributed by atoms with Crippen LogP contribution in [0.25, 0.3) is 10.6 Å². The fourth-order valence-electron chi connectivity index (χ4n) is 1.93. The summed E-state index contributed by atoms with van der Waals surface area (Å²) in [6.45, 7) is 2.08. The first-order chi connectivity index (χ1) is 10.3. The highest BCUT2D eigenvalue weighted by molar-refractivity contribution is 7.14. The van der Waals surface area contributed by atoms with Gasteiger partial charge in [0, 0.05) is 12.4 Å². The Morgan fingerprint density at radius 2 is 1.90 bits per heavy atom. The Morgan fingerprint density at radius 3 is 2.57 bits per heavy atom. The summed E-state index contributed by atoms with van der Waals surface area (Å²) >= 11 is 3.31. The minimum absolute atomic E-state index is 0.891. The minimum Gasteiger partial charge on any atom is -0.261 e. The first kappa shape index (κ1) is 14.0. The first-order valence-electron chi connectivity index (χ1n) is 6.56. The zero-order chi connectivity index (χ0) is 14.7. The van der Waals surface area contributed by atoms with E-state index >= 15 is 0 Å². The van der Waals surface area contributed by atoms with Crippen molar-refractivity contribution in [2.45, 2.75) is 6.92 Å². The van der Waals surface area contributed by atoms with E-state index in [1.54, 1.807) is 29.7 Å². The number of rotatable bonds is 3. The molecule has 0 aliphatic heterocycles. The van der Waals surface area contributed by atoms with Gasteiger partial charge >= 0.3 is 0 Å². The number of aryl methyl sites for hydroxylation is 1. The predicted octanol–water partition coefficient (Wildman–Crippen LogP) is 4.00. The Kier molecular flexibility index (Phi) is 4.13. The lowest BCUT2D eigenvalue weighted by Gasteiger charge is -2.00. The van der Waals surface area contributed by atoms with E-state index in [4.69, 9.17) is 0 Å². The molecule has 0 saturated carbocycles. The zero-order valence-corrected chi connectivity index (χ0v) is 13.5. The molecule has 1 aromatic carbocycles. The Hall–Kier alpha value is -1.98. The van der Waals surface area contributed by atoms with Crippen LogP contribution in [0.4, 0.5) is 0 Å². The second kappa shape index (κ2) is 6.20. The largest absolute Gasteiger partial charge is 0.261 e. The fourth-order valence-corrected chi connectivity index (χ4v) is 3.53. The molecule has 0 fully saturated rings. The average Bonchev–Trinajstić information content (AvgIpc) is 3.15. The average molecular weight is 313 g/mol. The highest BCUT2D eigenvalue weighted by Gasteiger charge is 2.07. The van der Waals surface area contributed by atoms with Crippen molar-refractivity contribution >= 4 is 28.9 Å². The molecule has 21 heavy (non-hydrogen) atoms. The molecule has 0 atom stereocenters. The molecule has 106 valence electrons. The van der Waals surface area contributed by atoms with Crippen LogP contribution >= 0.6 is 22.7 Å². The SMILES string of the molecule is CN=c1scc(-c2cccs2)n1N=Cc1ccc(C)cc1. The van der Waals surface area contributed by atoms with Crippen LogP contribution in [0, 0.1) is 6.92 Å². The molecule has 2 aromatic heterocycles. The van der Waals surface area contributed by atoms with E-state index in [-0.39, 0.29) is 0 Å². The Labute approximate surface area is 131 Å². The summed E-state index contributed by atoms with van der Waals surface area (Å²) < 4.78 is 1.90. The van der Waals surface area contributed by atoms with Gasteiger partial charge in [-0.05, 0) is 23.9 Å². The Morgan fingerprint density at radius 1 is 1.10 bits per heavy atom. The van der Waals surface area contributed by atoms with Crippen LogP contribution in [0.1, 0.15) is 11.1 Å². The van der Waals surface area contributed by atoms with Gasteiger partial charge in [-0.15, -0.1) is 22.7 Å². The molecule has 2 heterocycles. The summed E-state index contributed by atoms with van der Waals surface area (Å²) in [5.41, 5.74) is 3.41. The molecule has 0 spiro atoms. The van der Waals surface area contributed by atoms with Gasteiger partial charge < -0.3 is 0 Å². The molecule has 0 radical (unpaired) electrons. The lowest BCUT2D eigenvalue weighted by atomic mass is 10.2. The lowest BCUT2D eigenvalue weighted by molar-refractivity contribution is 0.850. The van der Waals surface area contributed by atoms with Crippen LogP contribution in [-0.2, 0) is 0 Å². The smallest absolute Gasteiger partial charge is 0.205 e. The summed E-state index contributed by atoms with van der Waals surface area (Å²) in [6, 6.07) is 12.5. The number of hydrogen-bond donors (Lipinski definition) is 0. The van der Waals surface area contributed by atoms with E-state index in [0.717, 1.165) is 16.1 Å². The molecule has 3 rings (SSSR count). The predicted molar refractivity (Wildman–Crippen MR) is 91.3 cm³/mol. The zero-order valence-electron chi connectivity index (χ0n) is 11.9. The molecule has 0 saturated heterocycles. The van der Waals surface area contributed by atoms with Crippen LogP contribution < -0.4 is 4.80 Å². The van der Waals surface area contributed by atoms with E-state index in [9.17, 15) is 0 Å². The van der Waals surface area contributed by atoms with Gasteiger partial charge in [0.2, 0.25) is 4.80 Å². The minimum atomic E-state index is 0.891. The van der Waals surface area contributed by atoms with Crippen LogP contribution in [0.3, 0.4) is 0 Å². The van der Waals surface area contributed by atoms with Gasteiger partial charge in [0.25, 0.3) is 0 Å². The molecular weight excluding hydrogens is 298 g/mol. The van der Waals surface area contributed by atoms with Crippen molar-refractivity contribution in [2.75, 3.05) is 7.05 Å². The van der Waals surface area contributed by atoms with Crippen molar-refractivity contribution in [3.63, 3.8) is 0 Å². The molecule has 0 N–H and O–H groups in total. The molecule has 3 nitrogen and oxygen atoms in total. The van der Waals surface area contributed by atoms with Crippen LogP contribution in [0.15, 0.2) is 57.3 Å². The molecule has 0 aliphatic carbocycles. The van der Waals surface area contributed by atoms with E-state index in [1.807, 2.05) is 10.9 Å². The van der Waals surface area contributed by atoms with Gasteiger partial charge in [0.05, 0.1) is 16.8 Å². The first-order valence-corrected chi connectivity index (χ1v) is 8.32. The van der Waals surface area contributed by atoms with Crippen LogP contribution in [0.2, 0.25) is 0 Å². The topological polar surface area (TPSA) is 29.6 Å². The Balaban J connectivity index is 2.01. The molecule has 0 bridgehead atoms. The normalized spacial score (nSPS) is 12.4. The number of benzene rings is 1. The molecule has 5 heteroatoms. The maximum Gasteiger partial charge on any atom is 0.205 e. The monoisotopic (exact) mass is 313 g/mol. The Bertz CT molecular complexity index is 806. The van der Waals surface area contributed by atoms with Gasteiger partial charge in [-0.25, -0.2) is 4.68 Å². The summed E-state index contributed by atoms with van der Waals surface area (Å²) in [6.07, 6.45) is 1.87. The van der Waals surface area contributed by atoms with Crippen molar-refractivity contribution in [3.05, 3.63) is 63.1 Å². The molecular formula is C16H15N3S2. The maximum absolute atomic E-state index is 4.61. The van der Waals surface area contributed by atoms with Gasteiger partial charge in [-0.1, -0.05) is 35.9 Å². The van der Waals surface area contributed by atoms with Crippen LogP contribution in [-0.4, -0.2) is 17.9 Å². The highest BCUT2D eigenvalue weighted by atomic mass is 32.1. The van der Waals surface area contributed by atoms with Crippen molar-refractivity contribution in [1.82, 2.24) is 4.68 Å². The molecule has 0 unspecified atom stereocenters. The number of thiophene rings is 1. The van der Waals surface area contributed by atoms with Crippen molar-refractivity contribution < 1.29 is 0 Å². The molecule has 0 amide bonds. The van der Waals surface area contributed by atoms with Crippen molar-refractivity contribution in [3.8, 4) is 10.6 Å². The van der Waals surface area contributed by atoms with Gasteiger partial charge in [-0.3, -0.25) is 4.99 Å². The second-order valence-corrected chi connectivity index (χ2v) is 6.36. The van der Waals surface area contributed by atoms with Crippen LogP contribution in [0.5, 0.6) is 0 Å². The number of hydrogen-bond acceptors (Lipinski definition) is 4. The highest BCUT2D eigenvalue weighted by Crippen LogP contribution is 2.24. The summed E-state index contributed by atoms with van der Waals surface area (Å²) in [5.74, 6) is 0. The van der Waals surface area contributed by atoms with Crippen molar-refractivity contribution in [2.24, 2.45) is 10.1 Å². The third kappa shape index (κ3) is 3.04. The quantitative estimate of drug-likeness (QED) is 0.654. The van der Waals surface area contributed by atoms with E-state index in [1.165, 1.54) is 10.4 Å². The van der Waals surface area contributed by atoms with E-state index in [2.05, 4.69) is 64.2 Å². The summed E-state index contributed by atoms with van der Waals surface area (Å²) in [5, 5.41) is 8.78. The fraction of sp³-hybridized carbons (Fsp3) is 0.125. The number of aromatic nitrogens is 1. The van der Waals surface area contributed by atoms with E-state index < -0.39 is 0 Å². The summed E-state index contributed by atoms with van der Waals surface area (Å²) in [7, 11) is 1.79. The third-order valence-electron chi connectivity index (χ3n) is 3.05. The number of thiazole rings is 1. The number of nitrogens with zero attached hydrogens (tertiary/aromatic N) is 3. The standard InChI is InChI=1S/C16H15N3S2/c1-12-5-7-13(8-6-12)10-18-19-14(11-21-16(19)17-2)15-4-3-9-20-15/h3-11H,1-2H3. The second-order valence-electron chi connectivity index (χ2n) is 4.57. The van der Waals surface area contributed by atoms with Gasteiger partial charge in [0.1, 0.15) is 0 Å². The van der Waals surface area contributed by atoms with Crippen molar-refractivity contribution in [1.29, 1.82) is 0 Å². The van der Waals surface area contributed by atoms with Gasteiger partial charge in [-0.2, -0.15) is 5.10 Å². The summed E-state index contributed by atoms with van der Waals surface area (Å²) in [4.78, 5) is 6.39.